The molecule has 0 unspecified atom stereocenters. The third-order valence-electron chi connectivity index (χ3n) is 3.73. The molecule has 0 saturated heterocycles. The summed E-state index contributed by atoms with van der Waals surface area (Å²) >= 11 is 0. The number of fused-ring (bicyclic) bond motifs is 2. The summed E-state index contributed by atoms with van der Waals surface area (Å²) in [4.78, 5) is 8.08. The van der Waals surface area contributed by atoms with Gasteiger partial charge in [-0.25, -0.2) is 8.78 Å². The van der Waals surface area contributed by atoms with Crippen LogP contribution in [0.5, 0.6) is 0 Å². The molecule has 0 atom stereocenters. The van der Waals surface area contributed by atoms with Crippen molar-refractivity contribution in [1.82, 2.24) is 14.9 Å². The smallest absolute Gasteiger partial charge is 0.125 e. The molecule has 2 aromatic heterocycles. The van der Waals surface area contributed by atoms with Gasteiger partial charge < -0.3 is 14.9 Å². The van der Waals surface area contributed by atoms with Crippen LogP contribution in [0.3, 0.4) is 0 Å². The third kappa shape index (κ3) is 3.63. The van der Waals surface area contributed by atoms with Crippen molar-refractivity contribution >= 4 is 21.8 Å². The van der Waals surface area contributed by atoms with Crippen LogP contribution in [0, 0.1) is 11.6 Å². The molecule has 4 rings (SSSR count). The minimum Gasteiger partial charge on any atom is -0.361 e. The number of nitrogens with one attached hydrogen (secondary N) is 2. The number of H-pyrrole nitrogens is 2. The molecular weight excluding hydrogens is 308 g/mol. The highest BCUT2D eigenvalue weighted by Gasteiger charge is 2.04. The van der Waals surface area contributed by atoms with Crippen LogP contribution < -0.4 is 0 Å². The van der Waals surface area contributed by atoms with Gasteiger partial charge in [0.05, 0.1) is 0 Å². The summed E-state index contributed by atoms with van der Waals surface area (Å²) in [5, 5.41) is 2.14. The number of aromatic nitrogens is 2. The topological polar surface area (TPSA) is 34.8 Å². The van der Waals surface area contributed by atoms with Crippen LogP contribution in [0.4, 0.5) is 8.78 Å². The third-order valence-corrected chi connectivity index (χ3v) is 3.73. The van der Waals surface area contributed by atoms with Gasteiger partial charge in [0.2, 0.25) is 0 Å². The normalized spacial score (nSPS) is 11.0. The Hall–Kier alpha value is -2.66. The Kier molecular flexibility index (Phi) is 4.62. The maximum Gasteiger partial charge on any atom is 0.125 e. The zero-order valence-electron chi connectivity index (χ0n) is 13.6. The quantitative estimate of drug-likeness (QED) is 0.551. The Morgan fingerprint density at radius 3 is 2.33 bits per heavy atom. The van der Waals surface area contributed by atoms with E-state index in [2.05, 4.69) is 14.9 Å². The molecule has 3 nitrogen and oxygen atoms in total. The number of hydrogen-bond acceptors (Lipinski definition) is 1. The predicted molar refractivity (Wildman–Crippen MR) is 93.9 cm³/mol. The van der Waals surface area contributed by atoms with E-state index in [-0.39, 0.29) is 11.6 Å². The van der Waals surface area contributed by atoms with Crippen LogP contribution in [0.25, 0.3) is 21.8 Å². The molecule has 0 amide bonds. The van der Waals surface area contributed by atoms with Gasteiger partial charge in [-0.2, -0.15) is 0 Å². The van der Waals surface area contributed by atoms with Crippen molar-refractivity contribution < 1.29 is 8.78 Å². The summed E-state index contributed by atoms with van der Waals surface area (Å²) in [5.74, 6) is -0.397. The maximum absolute atomic E-state index is 12.9. The van der Waals surface area contributed by atoms with Crippen LogP contribution in [-0.2, 0) is 6.54 Å². The molecule has 0 radical (unpaired) electrons. The van der Waals surface area contributed by atoms with E-state index in [0.717, 1.165) is 28.4 Å². The van der Waals surface area contributed by atoms with Gasteiger partial charge >= 0.3 is 0 Å². The highest BCUT2D eigenvalue weighted by atomic mass is 19.1. The first-order valence-electron chi connectivity index (χ1n) is 7.66. The van der Waals surface area contributed by atoms with Gasteiger partial charge in [-0.3, -0.25) is 0 Å². The molecule has 0 saturated carbocycles. The molecule has 0 aliphatic rings. The summed E-state index contributed by atoms with van der Waals surface area (Å²) in [6.45, 7) is 0.867. The first kappa shape index (κ1) is 16.2. The van der Waals surface area contributed by atoms with E-state index >= 15 is 0 Å². The van der Waals surface area contributed by atoms with E-state index in [0.29, 0.717) is 0 Å². The lowest BCUT2D eigenvalue weighted by Gasteiger charge is -2.07. The van der Waals surface area contributed by atoms with Crippen LogP contribution in [0.15, 0.2) is 54.9 Å². The van der Waals surface area contributed by atoms with E-state index in [4.69, 9.17) is 0 Å². The van der Waals surface area contributed by atoms with E-state index < -0.39 is 0 Å². The van der Waals surface area contributed by atoms with Crippen molar-refractivity contribution in [1.29, 1.82) is 0 Å². The fraction of sp³-hybridized carbons (Fsp3) is 0.158. The van der Waals surface area contributed by atoms with Gasteiger partial charge in [-0.1, -0.05) is 0 Å². The first-order chi connectivity index (χ1) is 11.5. The summed E-state index contributed by atoms with van der Waals surface area (Å²) in [6.07, 6.45) is 3.73. The first-order valence-corrected chi connectivity index (χ1v) is 7.66. The molecule has 0 bridgehead atoms. The zero-order chi connectivity index (χ0) is 17.1. The Bertz CT molecular complexity index is 953. The molecule has 0 fully saturated rings. The second kappa shape index (κ2) is 6.84. The van der Waals surface area contributed by atoms with Gasteiger partial charge in [0.1, 0.15) is 11.6 Å². The average Bonchev–Trinajstić information content (AvgIpc) is 3.14. The average molecular weight is 327 g/mol. The number of nitrogens with zero attached hydrogens (tertiary/aromatic N) is 1. The Morgan fingerprint density at radius 2 is 1.58 bits per heavy atom. The molecule has 0 spiro atoms. The van der Waals surface area contributed by atoms with E-state index in [1.54, 1.807) is 12.3 Å². The van der Waals surface area contributed by atoms with E-state index in [1.807, 2.05) is 32.4 Å². The molecule has 124 valence electrons. The Morgan fingerprint density at radius 1 is 0.875 bits per heavy atom. The number of aromatic amines is 2. The fourth-order valence-electron chi connectivity index (χ4n) is 2.65. The van der Waals surface area contributed by atoms with Gasteiger partial charge in [0.25, 0.3) is 0 Å². The maximum atomic E-state index is 12.9. The molecule has 0 aliphatic carbocycles. The molecule has 2 aromatic carbocycles. The van der Waals surface area contributed by atoms with Crippen LogP contribution in [-0.4, -0.2) is 29.0 Å². The molecule has 24 heavy (non-hydrogen) atoms. The highest BCUT2D eigenvalue weighted by Crippen LogP contribution is 2.19. The molecular formula is C19H19F2N3. The molecule has 5 heteroatoms. The Labute approximate surface area is 138 Å². The lowest BCUT2D eigenvalue weighted by molar-refractivity contribution is 0.404. The molecule has 2 heterocycles. The number of benzene rings is 2. The number of hydrogen-bond donors (Lipinski definition) is 2. The van der Waals surface area contributed by atoms with Gasteiger partial charge in [-0.05, 0) is 67.5 Å². The van der Waals surface area contributed by atoms with Crippen molar-refractivity contribution in [3.8, 4) is 0 Å². The number of halogens is 2. The second-order valence-corrected chi connectivity index (χ2v) is 5.95. The van der Waals surface area contributed by atoms with Crippen LogP contribution >= 0.6 is 0 Å². The van der Waals surface area contributed by atoms with Crippen molar-refractivity contribution in [2.24, 2.45) is 0 Å². The molecule has 2 N–H and O–H groups in total. The Balaban J connectivity index is 0.000000149. The fourth-order valence-corrected chi connectivity index (χ4v) is 2.65. The predicted octanol–water partition coefficient (Wildman–Crippen LogP) is 4.68. The van der Waals surface area contributed by atoms with Crippen molar-refractivity contribution in [3.63, 3.8) is 0 Å². The van der Waals surface area contributed by atoms with Crippen molar-refractivity contribution in [2.75, 3.05) is 14.1 Å². The summed E-state index contributed by atoms with van der Waals surface area (Å²) in [7, 11) is 4.03. The summed E-state index contributed by atoms with van der Waals surface area (Å²) in [5.41, 5.74) is 2.91. The largest absolute Gasteiger partial charge is 0.361 e. The molecule has 4 aromatic rings. The monoisotopic (exact) mass is 327 g/mol. The van der Waals surface area contributed by atoms with E-state index in [1.165, 1.54) is 29.8 Å². The minimum atomic E-state index is -0.199. The lowest BCUT2D eigenvalue weighted by atomic mass is 10.1. The molecule has 0 aliphatic heterocycles. The zero-order valence-corrected chi connectivity index (χ0v) is 13.6. The highest BCUT2D eigenvalue weighted by molar-refractivity contribution is 5.83. The summed E-state index contributed by atoms with van der Waals surface area (Å²) < 4.78 is 25.4. The lowest BCUT2D eigenvalue weighted by Crippen LogP contribution is -2.09. The SMILES string of the molecule is CN(C)Cc1c[nH]c2cc(F)ccc12.Fc1ccc2cc[nH]c2c1. The van der Waals surface area contributed by atoms with Crippen LogP contribution in [0.1, 0.15) is 5.56 Å². The minimum absolute atomic E-state index is 0.198. The second-order valence-electron chi connectivity index (χ2n) is 5.95. The van der Waals surface area contributed by atoms with Gasteiger partial charge in [0.15, 0.2) is 0 Å². The van der Waals surface area contributed by atoms with E-state index in [9.17, 15) is 8.78 Å². The van der Waals surface area contributed by atoms with Crippen LogP contribution in [0.2, 0.25) is 0 Å². The van der Waals surface area contributed by atoms with Crippen molar-refractivity contribution in [3.05, 3.63) is 72.1 Å². The van der Waals surface area contributed by atoms with Gasteiger partial charge in [0, 0.05) is 35.4 Å². The number of rotatable bonds is 2. The van der Waals surface area contributed by atoms with Gasteiger partial charge in [-0.15, -0.1) is 0 Å². The summed E-state index contributed by atoms with van der Waals surface area (Å²) in [6, 6.07) is 11.4. The standard InChI is InChI=1S/C11H13FN2.C8H6FN/c1-14(2)7-8-6-13-11-5-9(12)3-4-10(8)11;9-7-2-1-6-3-4-10-8(6)5-7/h3-6,13H,7H2,1-2H3;1-5,10H. The van der Waals surface area contributed by atoms with Crippen molar-refractivity contribution in [2.45, 2.75) is 6.54 Å².